The van der Waals surface area contributed by atoms with Gasteiger partial charge in [-0.05, 0) is 24.1 Å². The molecule has 0 fully saturated rings. The molecule has 2 unspecified atom stereocenters. The standard InChI is InChI=1S/C17H22BrNO5/c1-3-13(11-4-6-12(18)7-5-11)14(10-16(21)22)19-15(20)8-9-17(23)24-2/h4-7,13-14H,3,8-10H2,1-2H3,(H,19,20)(H,21,22). The molecule has 2 atom stereocenters. The van der Waals surface area contributed by atoms with E-state index >= 15 is 0 Å². The molecular formula is C17H22BrNO5. The lowest BCUT2D eigenvalue weighted by molar-refractivity contribution is -0.142. The number of amides is 1. The molecule has 1 aromatic carbocycles. The van der Waals surface area contributed by atoms with Gasteiger partial charge in [0.1, 0.15) is 0 Å². The average molecular weight is 400 g/mol. The summed E-state index contributed by atoms with van der Waals surface area (Å²) in [5, 5.41) is 11.9. The number of benzene rings is 1. The third-order valence-electron chi connectivity index (χ3n) is 3.75. The van der Waals surface area contributed by atoms with Crippen molar-refractivity contribution in [3.05, 3.63) is 34.3 Å². The number of ether oxygens (including phenoxy) is 1. The molecule has 0 aliphatic rings. The first-order chi connectivity index (χ1) is 11.4. The van der Waals surface area contributed by atoms with Crippen molar-refractivity contribution in [2.24, 2.45) is 0 Å². The van der Waals surface area contributed by atoms with Gasteiger partial charge in [-0.25, -0.2) is 0 Å². The van der Waals surface area contributed by atoms with E-state index in [-0.39, 0.29) is 31.1 Å². The predicted octanol–water partition coefficient (Wildman–Crippen LogP) is 2.86. The lowest BCUT2D eigenvalue weighted by Gasteiger charge is -2.26. The molecule has 6 nitrogen and oxygen atoms in total. The van der Waals surface area contributed by atoms with Crippen LogP contribution in [0.5, 0.6) is 0 Å². The number of carboxylic acid groups (broad SMARTS) is 1. The summed E-state index contributed by atoms with van der Waals surface area (Å²) in [5.41, 5.74) is 0.959. The Hall–Kier alpha value is -1.89. The lowest BCUT2D eigenvalue weighted by Crippen LogP contribution is -2.40. The van der Waals surface area contributed by atoms with Gasteiger partial charge in [0, 0.05) is 22.9 Å². The van der Waals surface area contributed by atoms with Crippen LogP contribution in [0.25, 0.3) is 0 Å². The average Bonchev–Trinajstić information content (AvgIpc) is 2.54. The number of esters is 1. The van der Waals surface area contributed by atoms with Gasteiger partial charge in [-0.2, -0.15) is 0 Å². The third-order valence-corrected chi connectivity index (χ3v) is 4.28. The smallest absolute Gasteiger partial charge is 0.306 e. The largest absolute Gasteiger partial charge is 0.481 e. The highest BCUT2D eigenvalue weighted by molar-refractivity contribution is 9.10. The van der Waals surface area contributed by atoms with Crippen molar-refractivity contribution < 1.29 is 24.2 Å². The number of halogens is 1. The van der Waals surface area contributed by atoms with Crippen LogP contribution >= 0.6 is 15.9 Å². The van der Waals surface area contributed by atoms with E-state index in [0.29, 0.717) is 6.42 Å². The van der Waals surface area contributed by atoms with E-state index in [1.165, 1.54) is 7.11 Å². The molecule has 0 aliphatic heterocycles. The van der Waals surface area contributed by atoms with Gasteiger partial charge < -0.3 is 15.2 Å². The first-order valence-corrected chi connectivity index (χ1v) is 8.50. The summed E-state index contributed by atoms with van der Waals surface area (Å²) in [6.45, 7) is 1.95. The Morgan fingerprint density at radius 2 is 1.83 bits per heavy atom. The first kappa shape index (κ1) is 20.2. The topological polar surface area (TPSA) is 92.7 Å². The van der Waals surface area contributed by atoms with Crippen LogP contribution in [0.3, 0.4) is 0 Å². The Morgan fingerprint density at radius 3 is 2.33 bits per heavy atom. The second kappa shape index (κ2) is 10.1. The molecule has 0 aliphatic carbocycles. The highest BCUT2D eigenvalue weighted by Gasteiger charge is 2.26. The monoisotopic (exact) mass is 399 g/mol. The SMILES string of the molecule is CCC(c1ccc(Br)cc1)C(CC(=O)O)NC(=O)CCC(=O)OC. The van der Waals surface area contributed by atoms with Crippen molar-refractivity contribution in [2.75, 3.05) is 7.11 Å². The maximum absolute atomic E-state index is 12.0. The van der Waals surface area contributed by atoms with Crippen LogP contribution in [0.4, 0.5) is 0 Å². The van der Waals surface area contributed by atoms with Crippen LogP contribution in [0, 0.1) is 0 Å². The Kier molecular flexibility index (Phi) is 8.46. The second-order valence-electron chi connectivity index (χ2n) is 5.41. The summed E-state index contributed by atoms with van der Waals surface area (Å²) in [5.74, 6) is -1.94. The number of methoxy groups -OCH3 is 1. The molecule has 0 saturated heterocycles. The molecule has 0 spiro atoms. The summed E-state index contributed by atoms with van der Waals surface area (Å²) in [6, 6.07) is 7.05. The van der Waals surface area contributed by atoms with Gasteiger partial charge in [-0.15, -0.1) is 0 Å². The first-order valence-electron chi connectivity index (χ1n) is 7.70. The van der Waals surface area contributed by atoms with Crippen LogP contribution in [-0.4, -0.2) is 36.1 Å². The van der Waals surface area contributed by atoms with E-state index in [1.54, 1.807) is 0 Å². The van der Waals surface area contributed by atoms with E-state index in [4.69, 9.17) is 5.11 Å². The molecule has 0 heterocycles. The fraction of sp³-hybridized carbons (Fsp3) is 0.471. The van der Waals surface area contributed by atoms with E-state index in [1.807, 2.05) is 31.2 Å². The number of hydrogen-bond acceptors (Lipinski definition) is 4. The van der Waals surface area contributed by atoms with Gasteiger partial charge in [-0.1, -0.05) is 35.0 Å². The maximum Gasteiger partial charge on any atom is 0.306 e. The quantitative estimate of drug-likeness (QED) is 0.622. The number of nitrogens with one attached hydrogen (secondary N) is 1. The number of rotatable bonds is 9. The molecule has 0 radical (unpaired) electrons. The second-order valence-corrected chi connectivity index (χ2v) is 6.33. The molecule has 0 saturated carbocycles. The van der Waals surface area contributed by atoms with Crippen molar-refractivity contribution in [1.29, 1.82) is 0 Å². The van der Waals surface area contributed by atoms with E-state index in [9.17, 15) is 14.4 Å². The zero-order chi connectivity index (χ0) is 18.1. The molecule has 0 bridgehead atoms. The van der Waals surface area contributed by atoms with Gasteiger partial charge in [-0.3, -0.25) is 14.4 Å². The van der Waals surface area contributed by atoms with Crippen molar-refractivity contribution in [3.8, 4) is 0 Å². The number of hydrogen-bond donors (Lipinski definition) is 2. The Bertz CT molecular complexity index is 573. The molecule has 0 aromatic heterocycles. The van der Waals surface area contributed by atoms with Crippen LogP contribution in [0.1, 0.15) is 44.1 Å². The van der Waals surface area contributed by atoms with Crippen molar-refractivity contribution in [3.63, 3.8) is 0 Å². The van der Waals surface area contributed by atoms with Crippen LogP contribution in [0.15, 0.2) is 28.7 Å². The third kappa shape index (κ3) is 6.70. The summed E-state index contributed by atoms with van der Waals surface area (Å²) < 4.78 is 5.43. The van der Waals surface area contributed by atoms with E-state index < -0.39 is 18.0 Å². The van der Waals surface area contributed by atoms with Crippen molar-refractivity contribution in [1.82, 2.24) is 5.32 Å². The van der Waals surface area contributed by atoms with Crippen LogP contribution in [-0.2, 0) is 19.1 Å². The van der Waals surface area contributed by atoms with Crippen molar-refractivity contribution in [2.45, 2.75) is 44.6 Å². The van der Waals surface area contributed by atoms with Gasteiger partial charge >= 0.3 is 11.9 Å². The Labute approximate surface area is 149 Å². The molecule has 1 rings (SSSR count). The molecular weight excluding hydrogens is 378 g/mol. The Balaban J connectivity index is 2.85. The zero-order valence-corrected chi connectivity index (χ0v) is 15.3. The summed E-state index contributed by atoms with van der Waals surface area (Å²) in [4.78, 5) is 34.3. The highest BCUT2D eigenvalue weighted by atomic mass is 79.9. The lowest BCUT2D eigenvalue weighted by atomic mass is 9.87. The Morgan fingerprint density at radius 1 is 1.21 bits per heavy atom. The molecule has 24 heavy (non-hydrogen) atoms. The minimum absolute atomic E-state index is 0.0282. The van der Waals surface area contributed by atoms with Crippen LogP contribution in [0.2, 0.25) is 0 Å². The fourth-order valence-corrected chi connectivity index (χ4v) is 2.81. The normalized spacial score (nSPS) is 13.0. The van der Waals surface area contributed by atoms with E-state index in [2.05, 4.69) is 26.0 Å². The zero-order valence-electron chi connectivity index (χ0n) is 13.8. The minimum atomic E-state index is -0.983. The number of carbonyl (C=O) groups is 3. The molecule has 1 aromatic rings. The fourth-order valence-electron chi connectivity index (χ4n) is 2.54. The summed E-state index contributed by atoms with van der Waals surface area (Å²) >= 11 is 3.37. The highest BCUT2D eigenvalue weighted by Crippen LogP contribution is 2.27. The molecule has 132 valence electrons. The number of carboxylic acids is 1. The van der Waals surface area contributed by atoms with Crippen LogP contribution < -0.4 is 5.32 Å². The molecule has 1 amide bonds. The van der Waals surface area contributed by atoms with Gasteiger partial charge in [0.15, 0.2) is 0 Å². The van der Waals surface area contributed by atoms with E-state index in [0.717, 1.165) is 10.0 Å². The predicted molar refractivity (Wildman–Crippen MR) is 92.6 cm³/mol. The van der Waals surface area contributed by atoms with Gasteiger partial charge in [0.2, 0.25) is 5.91 Å². The van der Waals surface area contributed by atoms with Gasteiger partial charge in [0.05, 0.1) is 20.0 Å². The number of aliphatic carboxylic acids is 1. The minimum Gasteiger partial charge on any atom is -0.481 e. The molecule has 7 heteroatoms. The summed E-state index contributed by atoms with van der Waals surface area (Å²) in [7, 11) is 1.26. The molecule has 2 N–H and O–H groups in total. The van der Waals surface area contributed by atoms with Crippen molar-refractivity contribution >= 4 is 33.8 Å². The maximum atomic E-state index is 12.0. The number of carbonyl (C=O) groups excluding carboxylic acids is 2. The van der Waals surface area contributed by atoms with Gasteiger partial charge in [0.25, 0.3) is 0 Å². The summed E-state index contributed by atoms with van der Waals surface area (Å²) in [6.07, 6.45) is 0.437.